The molecule has 2 heteroatoms. The fourth-order valence-electron chi connectivity index (χ4n) is 2.32. The molecule has 106 valence electrons. The van der Waals surface area contributed by atoms with Crippen LogP contribution in [0.5, 0.6) is 0 Å². The van der Waals surface area contributed by atoms with Gasteiger partial charge in [0.15, 0.2) is 0 Å². The van der Waals surface area contributed by atoms with Gasteiger partial charge >= 0.3 is 0 Å². The summed E-state index contributed by atoms with van der Waals surface area (Å²) in [4.78, 5) is 0. The molecule has 0 spiro atoms. The van der Waals surface area contributed by atoms with Gasteiger partial charge in [0.1, 0.15) is 0 Å². The molecule has 1 unspecified atom stereocenters. The third-order valence-electron chi connectivity index (χ3n) is 3.60. The lowest BCUT2D eigenvalue weighted by molar-refractivity contribution is 0.549. The molecule has 2 rings (SSSR count). The predicted octanol–water partition coefficient (Wildman–Crippen LogP) is 4.24. The molecule has 20 heavy (non-hydrogen) atoms. The van der Waals surface area contributed by atoms with E-state index in [2.05, 4.69) is 61.6 Å². The maximum absolute atomic E-state index is 6.09. The van der Waals surface area contributed by atoms with Crippen molar-refractivity contribution in [1.82, 2.24) is 5.32 Å². The summed E-state index contributed by atoms with van der Waals surface area (Å²) in [5.74, 6) is 0.625. The molecule has 2 aromatic rings. The van der Waals surface area contributed by atoms with Crippen LogP contribution in [0.15, 0.2) is 48.5 Å². The number of hydrogen-bond donors (Lipinski definition) is 1. The van der Waals surface area contributed by atoms with Crippen molar-refractivity contribution in [3.8, 4) is 0 Å². The largest absolute Gasteiger partial charge is 0.308 e. The van der Waals surface area contributed by atoms with E-state index < -0.39 is 0 Å². The normalized spacial score (nSPS) is 12.3. The smallest absolute Gasteiger partial charge is 0.0380 e. The van der Waals surface area contributed by atoms with E-state index in [9.17, 15) is 0 Å². The maximum atomic E-state index is 6.09. The summed E-state index contributed by atoms with van der Waals surface area (Å²) in [6.45, 7) is 5.16. The summed E-state index contributed by atoms with van der Waals surface area (Å²) in [6, 6.07) is 17.4. The molecule has 0 aliphatic rings. The first kappa shape index (κ1) is 15.1. The van der Waals surface area contributed by atoms with Crippen LogP contribution in [-0.4, -0.2) is 11.9 Å². The first-order chi connectivity index (χ1) is 9.69. The highest BCUT2D eigenvalue weighted by molar-refractivity contribution is 6.18. The lowest BCUT2D eigenvalue weighted by atomic mass is 10.0. The van der Waals surface area contributed by atoms with Crippen molar-refractivity contribution in [3.05, 3.63) is 70.8 Å². The Morgan fingerprint density at radius 3 is 2.50 bits per heavy atom. The SMILES string of the molecule is Cc1ccc(C)c(CNC(CCl)Cc2ccccc2)c1. The second-order valence-corrected chi connectivity index (χ2v) is 5.66. The molecule has 1 nitrogen and oxygen atoms in total. The van der Waals surface area contributed by atoms with Crippen molar-refractivity contribution in [3.63, 3.8) is 0 Å². The highest BCUT2D eigenvalue weighted by atomic mass is 35.5. The van der Waals surface area contributed by atoms with Crippen LogP contribution in [-0.2, 0) is 13.0 Å². The van der Waals surface area contributed by atoms with Gasteiger partial charge in [-0.15, -0.1) is 11.6 Å². The minimum atomic E-state index is 0.305. The molecule has 0 aliphatic heterocycles. The first-order valence-corrected chi connectivity index (χ1v) is 7.62. The third kappa shape index (κ3) is 4.36. The minimum absolute atomic E-state index is 0.305. The summed E-state index contributed by atoms with van der Waals surface area (Å²) >= 11 is 6.09. The number of nitrogens with one attached hydrogen (secondary N) is 1. The average molecular weight is 288 g/mol. The first-order valence-electron chi connectivity index (χ1n) is 7.08. The van der Waals surface area contributed by atoms with Crippen LogP contribution < -0.4 is 5.32 Å². The number of benzene rings is 2. The van der Waals surface area contributed by atoms with Crippen molar-refractivity contribution < 1.29 is 0 Å². The second-order valence-electron chi connectivity index (χ2n) is 5.35. The van der Waals surface area contributed by atoms with E-state index in [1.807, 2.05) is 6.07 Å². The van der Waals surface area contributed by atoms with Gasteiger partial charge in [0, 0.05) is 18.5 Å². The Bertz CT molecular complexity index is 536. The van der Waals surface area contributed by atoms with E-state index in [1.54, 1.807) is 0 Å². The summed E-state index contributed by atoms with van der Waals surface area (Å²) in [5.41, 5.74) is 5.31. The molecule has 0 bridgehead atoms. The highest BCUT2D eigenvalue weighted by Gasteiger charge is 2.08. The summed E-state index contributed by atoms with van der Waals surface area (Å²) in [7, 11) is 0. The van der Waals surface area contributed by atoms with Crippen molar-refractivity contribution in [2.45, 2.75) is 32.9 Å². The van der Waals surface area contributed by atoms with Crippen LogP contribution in [0.1, 0.15) is 22.3 Å². The Labute approximate surface area is 127 Å². The Balaban J connectivity index is 1.95. The minimum Gasteiger partial charge on any atom is -0.308 e. The fraction of sp³-hybridized carbons (Fsp3) is 0.333. The number of aryl methyl sites for hydroxylation is 2. The third-order valence-corrected chi connectivity index (χ3v) is 3.97. The summed E-state index contributed by atoms with van der Waals surface area (Å²) in [5, 5.41) is 3.57. The zero-order chi connectivity index (χ0) is 14.4. The molecule has 0 amide bonds. The Hall–Kier alpha value is -1.31. The molecule has 0 saturated heterocycles. The van der Waals surface area contributed by atoms with Gasteiger partial charge in [-0.3, -0.25) is 0 Å². The van der Waals surface area contributed by atoms with Crippen molar-refractivity contribution in [1.29, 1.82) is 0 Å². The van der Waals surface area contributed by atoms with Gasteiger partial charge in [0.2, 0.25) is 0 Å². The number of halogens is 1. The van der Waals surface area contributed by atoms with Gasteiger partial charge in [-0.25, -0.2) is 0 Å². The number of alkyl halides is 1. The van der Waals surface area contributed by atoms with Crippen molar-refractivity contribution in [2.24, 2.45) is 0 Å². The van der Waals surface area contributed by atoms with E-state index in [0.717, 1.165) is 13.0 Å². The van der Waals surface area contributed by atoms with Crippen LogP contribution in [0, 0.1) is 13.8 Å². The molecular formula is C18H22ClN. The average Bonchev–Trinajstić information content (AvgIpc) is 2.47. The van der Waals surface area contributed by atoms with Crippen LogP contribution in [0.3, 0.4) is 0 Å². The molecule has 0 aliphatic carbocycles. The molecule has 0 fully saturated rings. The molecule has 0 saturated carbocycles. The van der Waals surface area contributed by atoms with Gasteiger partial charge in [-0.05, 0) is 37.0 Å². The quantitative estimate of drug-likeness (QED) is 0.784. The zero-order valence-corrected chi connectivity index (χ0v) is 13.0. The molecule has 0 radical (unpaired) electrons. The van der Waals surface area contributed by atoms with Crippen LogP contribution in [0.2, 0.25) is 0 Å². The van der Waals surface area contributed by atoms with Crippen LogP contribution >= 0.6 is 11.6 Å². The van der Waals surface area contributed by atoms with Crippen molar-refractivity contribution >= 4 is 11.6 Å². The van der Waals surface area contributed by atoms with E-state index in [-0.39, 0.29) is 0 Å². The Morgan fingerprint density at radius 2 is 1.80 bits per heavy atom. The number of rotatable bonds is 6. The maximum Gasteiger partial charge on any atom is 0.0380 e. The Morgan fingerprint density at radius 1 is 1.05 bits per heavy atom. The second kappa shape index (κ2) is 7.47. The molecule has 0 aromatic heterocycles. The highest BCUT2D eigenvalue weighted by Crippen LogP contribution is 2.11. The van der Waals surface area contributed by atoms with Gasteiger partial charge < -0.3 is 5.32 Å². The monoisotopic (exact) mass is 287 g/mol. The molecule has 2 aromatic carbocycles. The standard InChI is InChI=1S/C18H22ClN/c1-14-8-9-15(2)17(10-14)13-20-18(12-19)11-16-6-4-3-5-7-16/h3-10,18,20H,11-13H2,1-2H3. The van der Waals surface area contributed by atoms with E-state index in [0.29, 0.717) is 11.9 Å². The van der Waals surface area contributed by atoms with Crippen LogP contribution in [0.25, 0.3) is 0 Å². The van der Waals surface area contributed by atoms with Gasteiger partial charge in [-0.2, -0.15) is 0 Å². The predicted molar refractivity (Wildman–Crippen MR) is 87.4 cm³/mol. The number of hydrogen-bond acceptors (Lipinski definition) is 1. The van der Waals surface area contributed by atoms with Crippen molar-refractivity contribution in [2.75, 3.05) is 5.88 Å². The molecule has 1 N–H and O–H groups in total. The molecular weight excluding hydrogens is 266 g/mol. The topological polar surface area (TPSA) is 12.0 Å². The Kier molecular flexibility index (Phi) is 5.63. The van der Waals surface area contributed by atoms with E-state index in [4.69, 9.17) is 11.6 Å². The van der Waals surface area contributed by atoms with Gasteiger partial charge in [0.05, 0.1) is 0 Å². The zero-order valence-electron chi connectivity index (χ0n) is 12.2. The van der Waals surface area contributed by atoms with Gasteiger partial charge in [-0.1, -0.05) is 54.1 Å². The summed E-state index contributed by atoms with van der Waals surface area (Å²) < 4.78 is 0. The van der Waals surface area contributed by atoms with E-state index in [1.165, 1.54) is 22.3 Å². The lowest BCUT2D eigenvalue weighted by Crippen LogP contribution is -2.32. The molecule has 0 heterocycles. The summed E-state index contributed by atoms with van der Waals surface area (Å²) in [6.07, 6.45) is 0.967. The van der Waals surface area contributed by atoms with Crippen LogP contribution in [0.4, 0.5) is 0 Å². The fourth-order valence-corrected chi connectivity index (χ4v) is 2.54. The van der Waals surface area contributed by atoms with E-state index >= 15 is 0 Å². The van der Waals surface area contributed by atoms with Gasteiger partial charge in [0.25, 0.3) is 0 Å². The lowest BCUT2D eigenvalue weighted by Gasteiger charge is -2.17. The molecule has 1 atom stereocenters.